The number of piperidine rings is 1. The third kappa shape index (κ3) is 3.63. The Labute approximate surface area is 201 Å². The summed E-state index contributed by atoms with van der Waals surface area (Å²) in [6.45, 7) is 5.68. The van der Waals surface area contributed by atoms with Gasteiger partial charge < -0.3 is 10.6 Å². The number of amides is 1. The highest BCUT2D eigenvalue weighted by molar-refractivity contribution is 7.86. The molecule has 10 nitrogen and oxygen atoms in total. The van der Waals surface area contributed by atoms with E-state index < -0.39 is 10.2 Å². The zero-order valence-corrected chi connectivity index (χ0v) is 20.7. The van der Waals surface area contributed by atoms with E-state index in [1.54, 1.807) is 8.61 Å². The van der Waals surface area contributed by atoms with Crippen LogP contribution in [0.25, 0.3) is 0 Å². The van der Waals surface area contributed by atoms with Crippen LogP contribution in [-0.4, -0.2) is 84.3 Å². The second kappa shape index (κ2) is 8.39. The Hall–Kier alpha value is -1.82. The second-order valence-electron chi connectivity index (χ2n) is 10.6. The molecule has 1 spiro atoms. The van der Waals surface area contributed by atoms with Crippen LogP contribution in [0.5, 0.6) is 0 Å². The van der Waals surface area contributed by atoms with Crippen LogP contribution in [-0.2, 0) is 20.4 Å². The van der Waals surface area contributed by atoms with Crippen molar-refractivity contribution >= 4 is 27.9 Å². The predicted molar refractivity (Wildman–Crippen MR) is 129 cm³/mol. The summed E-state index contributed by atoms with van der Waals surface area (Å²) in [5.74, 6) is 2.05. The van der Waals surface area contributed by atoms with Gasteiger partial charge in [-0.2, -0.15) is 22.0 Å². The highest BCUT2D eigenvalue weighted by Gasteiger charge is 2.62. The van der Waals surface area contributed by atoms with Crippen LogP contribution in [0.15, 0.2) is 6.20 Å². The number of nitrogens with zero attached hydrogens (tertiary/aromatic N) is 5. The van der Waals surface area contributed by atoms with Crippen LogP contribution in [0.1, 0.15) is 57.4 Å². The quantitative estimate of drug-likeness (QED) is 0.637. The first-order chi connectivity index (χ1) is 16.4. The van der Waals surface area contributed by atoms with Crippen LogP contribution in [0.4, 0.5) is 11.8 Å². The number of rotatable bonds is 5. The maximum absolute atomic E-state index is 13.4. The Morgan fingerprint density at radius 1 is 1.06 bits per heavy atom. The van der Waals surface area contributed by atoms with Gasteiger partial charge in [-0.25, -0.2) is 4.98 Å². The predicted octanol–water partition coefficient (Wildman–Crippen LogP) is 1.07. The SMILES string of the molecule is CC1CCCC1N1C(=O)C2(CC2)c2cnc(NC3CCN(S(=O)(=O)N4CCNCC4)CC3)nc21. The fourth-order valence-corrected chi connectivity index (χ4v) is 7.93. The lowest BCUT2D eigenvalue weighted by Gasteiger charge is -2.36. The number of fused-ring (bicyclic) bond motifs is 2. The molecule has 2 N–H and O–H groups in total. The summed E-state index contributed by atoms with van der Waals surface area (Å²) in [6, 6.07) is 0.339. The number of aromatic nitrogens is 2. The molecule has 3 aliphatic heterocycles. The number of nitrogens with one attached hydrogen (secondary N) is 2. The Bertz CT molecular complexity index is 1060. The number of carbonyl (C=O) groups excluding carboxylic acids is 1. The normalized spacial score (nSPS) is 30.1. The summed E-state index contributed by atoms with van der Waals surface area (Å²) in [4.78, 5) is 24.9. The minimum absolute atomic E-state index is 0.110. The highest BCUT2D eigenvalue weighted by Crippen LogP contribution is 2.58. The fourth-order valence-electron chi connectivity index (χ4n) is 6.28. The van der Waals surface area contributed by atoms with Gasteiger partial charge in [0, 0.05) is 63.1 Å². The van der Waals surface area contributed by atoms with E-state index in [1.165, 1.54) is 0 Å². The first-order valence-corrected chi connectivity index (χ1v) is 14.2. The third-order valence-electron chi connectivity index (χ3n) is 8.55. The molecule has 2 saturated heterocycles. The Kier molecular flexibility index (Phi) is 5.58. The zero-order valence-electron chi connectivity index (χ0n) is 19.9. The molecule has 4 heterocycles. The van der Waals surface area contributed by atoms with Gasteiger partial charge >= 0.3 is 0 Å². The van der Waals surface area contributed by atoms with Crippen molar-refractivity contribution in [3.05, 3.63) is 11.8 Å². The van der Waals surface area contributed by atoms with Gasteiger partial charge in [0.25, 0.3) is 10.2 Å². The number of piperazine rings is 1. The number of hydrogen-bond acceptors (Lipinski definition) is 7. The molecular weight excluding hydrogens is 454 g/mol. The van der Waals surface area contributed by atoms with E-state index in [9.17, 15) is 13.2 Å². The van der Waals surface area contributed by atoms with E-state index in [2.05, 4.69) is 22.5 Å². The first kappa shape index (κ1) is 22.6. The summed E-state index contributed by atoms with van der Waals surface area (Å²) >= 11 is 0. The summed E-state index contributed by atoms with van der Waals surface area (Å²) in [5, 5.41) is 6.65. The molecule has 2 aliphatic carbocycles. The van der Waals surface area contributed by atoms with Crippen molar-refractivity contribution in [1.82, 2.24) is 23.9 Å². The fraction of sp³-hybridized carbons (Fsp3) is 0.783. The van der Waals surface area contributed by atoms with Gasteiger partial charge in [-0.3, -0.25) is 9.69 Å². The summed E-state index contributed by atoms with van der Waals surface area (Å²) in [7, 11) is -3.40. The van der Waals surface area contributed by atoms with Gasteiger partial charge in [-0.15, -0.1) is 0 Å². The molecule has 4 fully saturated rings. The lowest BCUT2D eigenvalue weighted by molar-refractivity contribution is -0.120. The molecule has 0 aromatic carbocycles. The van der Waals surface area contributed by atoms with E-state index in [4.69, 9.17) is 4.98 Å². The number of anilines is 2. The van der Waals surface area contributed by atoms with Crippen LogP contribution in [0.2, 0.25) is 0 Å². The Balaban J connectivity index is 1.15. The molecule has 2 saturated carbocycles. The molecule has 6 rings (SSSR count). The van der Waals surface area contributed by atoms with E-state index in [0.29, 0.717) is 64.0 Å². The van der Waals surface area contributed by atoms with Gasteiger partial charge in [0.1, 0.15) is 5.82 Å². The van der Waals surface area contributed by atoms with E-state index >= 15 is 0 Å². The standard InChI is InChI=1S/C23H35N7O3S/c1-16-3-2-4-19(16)30-20-18(23(7-8-23)21(30)31)15-25-22(27-20)26-17-5-11-28(12-6-17)34(32,33)29-13-9-24-10-14-29/h15-17,19,24H,2-14H2,1H3,(H,25,26,27). The minimum atomic E-state index is -3.40. The van der Waals surface area contributed by atoms with Crippen LogP contribution in [0, 0.1) is 5.92 Å². The zero-order chi connectivity index (χ0) is 23.5. The van der Waals surface area contributed by atoms with Gasteiger partial charge in [-0.05, 0) is 44.4 Å². The van der Waals surface area contributed by atoms with Crippen LogP contribution < -0.4 is 15.5 Å². The average Bonchev–Trinajstić information content (AvgIpc) is 3.50. The maximum Gasteiger partial charge on any atom is 0.282 e. The van der Waals surface area contributed by atoms with Crippen molar-refractivity contribution in [1.29, 1.82) is 0 Å². The molecule has 1 aromatic heterocycles. The lowest BCUT2D eigenvalue weighted by atomic mass is 10.0. The lowest BCUT2D eigenvalue weighted by Crippen LogP contribution is -2.54. The molecule has 34 heavy (non-hydrogen) atoms. The first-order valence-electron chi connectivity index (χ1n) is 12.8. The average molecular weight is 490 g/mol. The summed E-state index contributed by atoms with van der Waals surface area (Å²) in [5.41, 5.74) is 0.624. The van der Waals surface area contributed by atoms with E-state index in [0.717, 1.165) is 43.5 Å². The van der Waals surface area contributed by atoms with Crippen molar-refractivity contribution in [3.63, 3.8) is 0 Å². The molecule has 1 amide bonds. The molecule has 11 heteroatoms. The van der Waals surface area contributed by atoms with Crippen molar-refractivity contribution in [2.75, 3.05) is 49.5 Å². The smallest absolute Gasteiger partial charge is 0.282 e. The minimum Gasteiger partial charge on any atom is -0.351 e. The van der Waals surface area contributed by atoms with E-state index in [1.807, 2.05) is 11.1 Å². The second-order valence-corrected chi connectivity index (χ2v) is 12.6. The largest absolute Gasteiger partial charge is 0.351 e. The van der Waals surface area contributed by atoms with Crippen molar-refractivity contribution in [2.45, 2.75) is 69.4 Å². The molecule has 5 aliphatic rings. The number of carbonyl (C=O) groups is 1. The molecule has 2 unspecified atom stereocenters. The van der Waals surface area contributed by atoms with Gasteiger partial charge in [0.2, 0.25) is 11.9 Å². The molecule has 0 radical (unpaired) electrons. The topological polar surface area (TPSA) is 111 Å². The maximum atomic E-state index is 13.4. The van der Waals surface area contributed by atoms with E-state index in [-0.39, 0.29) is 23.4 Å². The number of hydrogen-bond donors (Lipinski definition) is 2. The molecule has 186 valence electrons. The van der Waals surface area contributed by atoms with Gasteiger partial charge in [0.05, 0.1) is 5.41 Å². The summed E-state index contributed by atoms with van der Waals surface area (Å²) < 4.78 is 29.1. The Morgan fingerprint density at radius 2 is 1.76 bits per heavy atom. The van der Waals surface area contributed by atoms with Crippen molar-refractivity contribution in [3.8, 4) is 0 Å². The van der Waals surface area contributed by atoms with Crippen molar-refractivity contribution in [2.24, 2.45) is 5.92 Å². The third-order valence-corrected chi connectivity index (χ3v) is 10.6. The highest BCUT2D eigenvalue weighted by atomic mass is 32.2. The van der Waals surface area contributed by atoms with Gasteiger partial charge in [0.15, 0.2) is 0 Å². The van der Waals surface area contributed by atoms with Crippen molar-refractivity contribution < 1.29 is 13.2 Å². The van der Waals surface area contributed by atoms with Crippen LogP contribution in [0.3, 0.4) is 0 Å². The monoisotopic (exact) mass is 489 g/mol. The molecule has 0 bridgehead atoms. The Morgan fingerprint density at radius 3 is 2.41 bits per heavy atom. The summed E-state index contributed by atoms with van der Waals surface area (Å²) in [6.07, 6.45) is 8.41. The van der Waals surface area contributed by atoms with Crippen LogP contribution >= 0.6 is 0 Å². The molecular formula is C23H35N7O3S. The molecule has 1 aromatic rings. The van der Waals surface area contributed by atoms with Gasteiger partial charge in [-0.1, -0.05) is 13.3 Å². The molecule has 2 atom stereocenters.